The summed E-state index contributed by atoms with van der Waals surface area (Å²) >= 11 is 0. The molecule has 0 unspecified atom stereocenters. The molecule has 0 bridgehead atoms. The van der Waals surface area contributed by atoms with Crippen molar-refractivity contribution in [2.45, 2.75) is 78.0 Å². The van der Waals surface area contributed by atoms with Crippen LogP contribution in [0.15, 0.2) is 72.8 Å². The highest BCUT2D eigenvalue weighted by Gasteiger charge is 2.34. The van der Waals surface area contributed by atoms with Gasteiger partial charge < -0.3 is 0 Å². The quantitative estimate of drug-likeness (QED) is 0.322. The van der Waals surface area contributed by atoms with Crippen molar-refractivity contribution in [2.24, 2.45) is 0 Å². The Kier molecular flexibility index (Phi) is 8.02. The first-order valence-electron chi connectivity index (χ1n) is 11.7. The minimum Gasteiger partial charge on any atom is -0.0911 e. The van der Waals surface area contributed by atoms with Gasteiger partial charge in [-0.15, -0.1) is 0 Å². The smallest absolute Gasteiger partial charge is 0.00105 e. The first kappa shape index (κ1) is 25.1. The molecule has 0 amide bonds. The van der Waals surface area contributed by atoms with E-state index in [1.807, 2.05) is 0 Å². The van der Waals surface area contributed by atoms with Crippen LogP contribution < -0.4 is 10.6 Å². The average molecular weight is 463 g/mol. The molecule has 0 saturated heterocycles. The highest BCUT2D eigenvalue weighted by atomic mass is 31.1. The summed E-state index contributed by atoms with van der Waals surface area (Å²) in [6.45, 7) is 19.1. The molecule has 0 spiro atoms. The van der Waals surface area contributed by atoms with E-state index in [0.29, 0.717) is 10.3 Å². The Morgan fingerprint density at radius 1 is 0.531 bits per heavy atom. The fraction of sp³-hybridized carbons (Fsp3) is 0.400. The molecule has 3 rings (SSSR count). The maximum atomic E-state index is 2.43. The molecule has 0 heterocycles. The van der Waals surface area contributed by atoms with Crippen molar-refractivity contribution in [2.75, 3.05) is 0 Å². The van der Waals surface area contributed by atoms with E-state index < -0.39 is 7.92 Å². The van der Waals surface area contributed by atoms with E-state index in [1.54, 1.807) is 5.56 Å². The molecule has 0 aliphatic heterocycles. The molecular weight excluding hydrogens is 422 g/mol. The van der Waals surface area contributed by atoms with Crippen LogP contribution in [0, 0.1) is 13.8 Å². The van der Waals surface area contributed by atoms with Gasteiger partial charge in [-0.1, -0.05) is 122 Å². The average Bonchev–Trinajstić information content (AvgIpc) is 2.70. The van der Waals surface area contributed by atoms with Gasteiger partial charge in [0.05, 0.1) is 0 Å². The molecule has 0 aliphatic rings. The summed E-state index contributed by atoms with van der Waals surface area (Å²) in [5.41, 5.74) is 5.90. The van der Waals surface area contributed by atoms with E-state index in [1.165, 1.54) is 33.5 Å². The molecule has 0 atom stereocenters. The summed E-state index contributed by atoms with van der Waals surface area (Å²) in [7, 11) is -0.633. The third-order valence-electron chi connectivity index (χ3n) is 6.21. The summed E-state index contributed by atoms with van der Waals surface area (Å²) < 4.78 is 0. The van der Waals surface area contributed by atoms with Gasteiger partial charge in [0.1, 0.15) is 0 Å². The van der Waals surface area contributed by atoms with E-state index in [2.05, 4.69) is 128 Å². The molecule has 2 heteroatoms. The zero-order chi connectivity index (χ0) is 23.5. The lowest BCUT2D eigenvalue weighted by atomic mass is 10.1. The second-order valence-electron chi connectivity index (χ2n) is 10.9. The molecule has 0 aromatic heterocycles. The van der Waals surface area contributed by atoms with Gasteiger partial charge in [-0.25, -0.2) is 0 Å². The Morgan fingerprint density at radius 3 is 1.31 bits per heavy atom. The van der Waals surface area contributed by atoms with Gasteiger partial charge in [-0.05, 0) is 71.1 Å². The highest BCUT2D eigenvalue weighted by Crippen LogP contribution is 2.61. The van der Waals surface area contributed by atoms with Crippen molar-refractivity contribution in [3.63, 3.8) is 0 Å². The fourth-order valence-corrected chi connectivity index (χ4v) is 11.1. The van der Waals surface area contributed by atoms with Crippen LogP contribution in [0.4, 0.5) is 0 Å². The van der Waals surface area contributed by atoms with Gasteiger partial charge in [0, 0.05) is 6.16 Å². The Balaban J connectivity index is 2.05. The lowest BCUT2D eigenvalue weighted by Gasteiger charge is -2.42. The van der Waals surface area contributed by atoms with Gasteiger partial charge in [0.15, 0.2) is 0 Å². The summed E-state index contributed by atoms with van der Waals surface area (Å²) in [6.07, 6.45) is 2.31. The van der Waals surface area contributed by atoms with Crippen molar-refractivity contribution in [1.29, 1.82) is 0 Å². The van der Waals surface area contributed by atoms with E-state index in [4.69, 9.17) is 0 Å². The molecule has 0 aliphatic carbocycles. The molecule has 3 aromatic rings. The van der Waals surface area contributed by atoms with Crippen LogP contribution in [-0.2, 0) is 12.3 Å². The Bertz CT molecular complexity index is 977. The first-order valence-corrected chi connectivity index (χ1v) is 14.8. The standard InChI is InChI=1S/C30H40P2/c1-23-15-9-13-19-27(23)31(28-20-14-10-16-24(28)2)21-25-17-11-12-18-26(25)22-32(29(3,4)5)30(6,7)8/h9-20H,21-22H2,1-8H3. The van der Waals surface area contributed by atoms with Crippen molar-refractivity contribution in [3.8, 4) is 0 Å². The SMILES string of the molecule is Cc1ccccc1P(Cc1ccccc1CP(C(C)(C)C)C(C)(C)C)c1ccccc1C. The number of hydrogen-bond acceptors (Lipinski definition) is 0. The maximum Gasteiger partial charge on any atom is 0.00105 e. The Labute approximate surface area is 199 Å². The Morgan fingerprint density at radius 2 is 0.906 bits per heavy atom. The van der Waals surface area contributed by atoms with Gasteiger partial charge in [-0.2, -0.15) is 0 Å². The number of rotatable bonds is 6. The third-order valence-corrected chi connectivity index (χ3v) is 12.9. The molecule has 0 nitrogen and oxygen atoms in total. The van der Waals surface area contributed by atoms with Crippen LogP contribution in [0.25, 0.3) is 0 Å². The van der Waals surface area contributed by atoms with Gasteiger partial charge >= 0.3 is 0 Å². The van der Waals surface area contributed by atoms with Crippen molar-refractivity contribution in [1.82, 2.24) is 0 Å². The number of benzene rings is 3. The predicted octanol–water partition coefficient (Wildman–Crippen LogP) is 8.52. The predicted molar refractivity (Wildman–Crippen MR) is 149 cm³/mol. The topological polar surface area (TPSA) is 0 Å². The molecule has 3 aromatic carbocycles. The van der Waals surface area contributed by atoms with Crippen molar-refractivity contribution >= 4 is 26.5 Å². The zero-order valence-corrected chi connectivity index (χ0v) is 23.0. The third kappa shape index (κ3) is 6.10. The molecule has 0 saturated carbocycles. The van der Waals surface area contributed by atoms with Gasteiger partial charge in [-0.3, -0.25) is 0 Å². The minimum absolute atomic E-state index is 0.174. The van der Waals surface area contributed by atoms with E-state index in [0.717, 1.165) is 6.16 Å². The van der Waals surface area contributed by atoms with E-state index >= 15 is 0 Å². The van der Waals surface area contributed by atoms with E-state index in [9.17, 15) is 0 Å². The van der Waals surface area contributed by atoms with Crippen molar-refractivity contribution < 1.29 is 0 Å². The molecule has 32 heavy (non-hydrogen) atoms. The van der Waals surface area contributed by atoms with Crippen LogP contribution in [0.3, 0.4) is 0 Å². The van der Waals surface area contributed by atoms with Crippen molar-refractivity contribution in [3.05, 3.63) is 95.1 Å². The minimum atomic E-state index is -0.459. The fourth-order valence-electron chi connectivity index (χ4n) is 4.72. The van der Waals surface area contributed by atoms with Crippen LogP contribution >= 0.6 is 15.8 Å². The molecule has 170 valence electrons. The summed E-state index contributed by atoms with van der Waals surface area (Å²) in [5, 5.41) is 3.69. The number of hydrogen-bond donors (Lipinski definition) is 0. The lowest BCUT2D eigenvalue weighted by Crippen LogP contribution is -2.26. The summed E-state index contributed by atoms with van der Waals surface area (Å²) in [6, 6.07) is 27.3. The first-order chi connectivity index (χ1) is 15.0. The van der Waals surface area contributed by atoms with Crippen LogP contribution in [0.2, 0.25) is 0 Å². The molecule has 0 radical (unpaired) electrons. The second-order valence-corrected chi connectivity index (χ2v) is 16.8. The molecular formula is C30H40P2. The molecule has 0 fully saturated rings. The maximum absolute atomic E-state index is 2.43. The zero-order valence-electron chi connectivity index (χ0n) is 21.2. The monoisotopic (exact) mass is 462 g/mol. The Hall–Kier alpha value is -1.48. The molecule has 0 N–H and O–H groups in total. The van der Waals surface area contributed by atoms with Crippen LogP contribution in [-0.4, -0.2) is 10.3 Å². The van der Waals surface area contributed by atoms with Crippen LogP contribution in [0.1, 0.15) is 63.8 Å². The van der Waals surface area contributed by atoms with Gasteiger partial charge in [0.2, 0.25) is 0 Å². The van der Waals surface area contributed by atoms with Crippen LogP contribution in [0.5, 0.6) is 0 Å². The normalized spacial score (nSPS) is 12.6. The van der Waals surface area contributed by atoms with E-state index in [-0.39, 0.29) is 7.92 Å². The summed E-state index contributed by atoms with van der Waals surface area (Å²) in [5.74, 6) is 0. The highest BCUT2D eigenvalue weighted by molar-refractivity contribution is 7.72. The number of aryl methyl sites for hydroxylation is 2. The summed E-state index contributed by atoms with van der Waals surface area (Å²) in [4.78, 5) is 0. The lowest BCUT2D eigenvalue weighted by molar-refractivity contribution is 0.702. The van der Waals surface area contributed by atoms with Gasteiger partial charge in [0.25, 0.3) is 0 Å². The second kappa shape index (κ2) is 10.2. The largest absolute Gasteiger partial charge is 0.0911 e.